The van der Waals surface area contributed by atoms with Gasteiger partial charge in [0.15, 0.2) is 11.8 Å². The Hall–Kier alpha value is -0.160. The summed E-state index contributed by atoms with van der Waals surface area (Å²) in [5.74, 6) is 5.21. The minimum atomic E-state index is 0. The van der Waals surface area contributed by atoms with Crippen molar-refractivity contribution in [1.82, 2.24) is 25.0 Å². The number of halogens is 1. The molecule has 1 atom stereocenters. The van der Waals surface area contributed by atoms with E-state index in [0.29, 0.717) is 11.8 Å². The summed E-state index contributed by atoms with van der Waals surface area (Å²) in [5.41, 5.74) is 0. The highest BCUT2D eigenvalue weighted by atomic mass is 127. The quantitative estimate of drug-likeness (QED) is 0.270. The first-order valence-corrected chi connectivity index (χ1v) is 11.1. The second-order valence-corrected chi connectivity index (χ2v) is 8.38. The van der Waals surface area contributed by atoms with Crippen molar-refractivity contribution in [1.29, 1.82) is 0 Å². The monoisotopic (exact) mass is 498 g/mol. The molecule has 0 radical (unpaired) electrons. The van der Waals surface area contributed by atoms with E-state index in [1.165, 1.54) is 17.9 Å². The van der Waals surface area contributed by atoms with Crippen LogP contribution in [0.2, 0.25) is 0 Å². The molecule has 0 bridgehead atoms. The van der Waals surface area contributed by atoms with E-state index >= 15 is 0 Å². The van der Waals surface area contributed by atoms with Crippen molar-refractivity contribution in [2.75, 3.05) is 37.4 Å². The summed E-state index contributed by atoms with van der Waals surface area (Å²) in [5, 5.41) is 12.6. The number of hydrogen-bond acceptors (Lipinski definition) is 5. The van der Waals surface area contributed by atoms with Gasteiger partial charge < -0.3 is 14.8 Å². The lowest BCUT2D eigenvalue weighted by atomic mass is 10.3. The van der Waals surface area contributed by atoms with Crippen LogP contribution in [0.15, 0.2) is 4.99 Å². The van der Waals surface area contributed by atoms with E-state index < -0.39 is 0 Å². The molecule has 0 aromatic carbocycles. The molecule has 2 heterocycles. The molecule has 6 nitrogen and oxygen atoms in total. The Morgan fingerprint density at radius 1 is 1.44 bits per heavy atom. The Bertz CT molecular complexity index is 537. The Morgan fingerprint density at radius 3 is 2.88 bits per heavy atom. The first-order valence-electron chi connectivity index (χ1n) is 8.64. The van der Waals surface area contributed by atoms with Gasteiger partial charge >= 0.3 is 0 Å². The molecule has 0 aliphatic carbocycles. The normalized spacial score (nSPS) is 18.2. The van der Waals surface area contributed by atoms with Crippen LogP contribution in [0.3, 0.4) is 0 Å². The summed E-state index contributed by atoms with van der Waals surface area (Å²) >= 11 is 3.97. The van der Waals surface area contributed by atoms with Crippen LogP contribution in [0, 0.1) is 6.92 Å². The summed E-state index contributed by atoms with van der Waals surface area (Å²) in [7, 11) is 2.00. The van der Waals surface area contributed by atoms with E-state index in [-0.39, 0.29) is 24.0 Å². The second-order valence-electron chi connectivity index (χ2n) is 5.98. The Kier molecular flexibility index (Phi) is 11.2. The number of thioether (sulfide) groups is 2. The molecule has 1 fully saturated rings. The lowest BCUT2D eigenvalue weighted by molar-refractivity contribution is 0.406. The molecule has 1 saturated heterocycles. The van der Waals surface area contributed by atoms with E-state index in [0.717, 1.165) is 43.7 Å². The molecular weight excluding hydrogens is 467 g/mol. The van der Waals surface area contributed by atoms with Gasteiger partial charge in [0.1, 0.15) is 12.4 Å². The summed E-state index contributed by atoms with van der Waals surface area (Å²) in [6.45, 7) is 7.92. The molecule has 9 heteroatoms. The number of nitrogens with one attached hydrogen (secondary N) is 1. The van der Waals surface area contributed by atoms with Gasteiger partial charge in [-0.1, -0.05) is 6.92 Å². The standard InChI is InChI=1S/C16H30N6S2.HI/c1-5-14-12-22(8-10-24-14)16(17-7-6-9-23-4)18-11-15-20-19-13(2)21(15)3;/h14H,5-12H2,1-4H3,(H,17,18);1H. The van der Waals surface area contributed by atoms with Crippen LogP contribution >= 0.6 is 47.5 Å². The maximum Gasteiger partial charge on any atom is 0.194 e. The van der Waals surface area contributed by atoms with E-state index in [2.05, 4.69) is 45.4 Å². The molecule has 1 N–H and O–H groups in total. The number of aliphatic imine (C=N–C) groups is 1. The van der Waals surface area contributed by atoms with Gasteiger partial charge in [-0.3, -0.25) is 0 Å². The number of rotatable bonds is 7. The number of hydrogen-bond donors (Lipinski definition) is 1. The Morgan fingerprint density at radius 2 is 2.24 bits per heavy atom. The highest BCUT2D eigenvalue weighted by Crippen LogP contribution is 2.21. The van der Waals surface area contributed by atoms with Crippen LogP contribution < -0.4 is 5.32 Å². The van der Waals surface area contributed by atoms with Gasteiger partial charge in [0.2, 0.25) is 0 Å². The third-order valence-corrected chi connectivity index (χ3v) is 6.32. The fourth-order valence-electron chi connectivity index (χ4n) is 2.58. The molecule has 0 spiro atoms. The minimum absolute atomic E-state index is 0. The zero-order valence-electron chi connectivity index (χ0n) is 15.7. The predicted molar refractivity (Wildman–Crippen MR) is 121 cm³/mol. The lowest BCUT2D eigenvalue weighted by Gasteiger charge is -2.34. The van der Waals surface area contributed by atoms with Crippen molar-refractivity contribution >= 4 is 53.5 Å². The highest BCUT2D eigenvalue weighted by Gasteiger charge is 2.21. The summed E-state index contributed by atoms with van der Waals surface area (Å²) in [6.07, 6.45) is 4.52. The molecule has 1 aromatic rings. The van der Waals surface area contributed by atoms with E-state index in [1.807, 2.05) is 30.3 Å². The van der Waals surface area contributed by atoms with Crippen molar-refractivity contribution in [2.24, 2.45) is 12.0 Å². The van der Waals surface area contributed by atoms with Crippen LogP contribution in [0.5, 0.6) is 0 Å². The van der Waals surface area contributed by atoms with Crippen molar-refractivity contribution in [3.05, 3.63) is 11.6 Å². The third-order valence-electron chi connectivity index (χ3n) is 4.25. The van der Waals surface area contributed by atoms with Gasteiger partial charge in [-0.25, -0.2) is 4.99 Å². The topological polar surface area (TPSA) is 58.3 Å². The smallest absolute Gasteiger partial charge is 0.194 e. The predicted octanol–water partition coefficient (Wildman–Crippen LogP) is 2.77. The van der Waals surface area contributed by atoms with Crippen molar-refractivity contribution < 1.29 is 0 Å². The van der Waals surface area contributed by atoms with Gasteiger partial charge in [0.05, 0.1) is 0 Å². The van der Waals surface area contributed by atoms with Gasteiger partial charge in [0, 0.05) is 37.7 Å². The van der Waals surface area contributed by atoms with E-state index in [9.17, 15) is 0 Å². The molecule has 1 unspecified atom stereocenters. The van der Waals surface area contributed by atoms with Crippen LogP contribution in [0.4, 0.5) is 0 Å². The van der Waals surface area contributed by atoms with Crippen molar-refractivity contribution in [3.63, 3.8) is 0 Å². The van der Waals surface area contributed by atoms with Crippen molar-refractivity contribution in [2.45, 2.75) is 38.5 Å². The minimum Gasteiger partial charge on any atom is -0.356 e. The molecule has 144 valence electrons. The maximum atomic E-state index is 4.85. The summed E-state index contributed by atoms with van der Waals surface area (Å²) in [6, 6.07) is 0. The molecule has 0 amide bonds. The van der Waals surface area contributed by atoms with Gasteiger partial charge in [-0.15, -0.1) is 34.2 Å². The number of aromatic nitrogens is 3. The second kappa shape index (κ2) is 12.3. The zero-order valence-corrected chi connectivity index (χ0v) is 19.7. The van der Waals surface area contributed by atoms with Crippen LogP contribution in [0.1, 0.15) is 31.4 Å². The van der Waals surface area contributed by atoms with Crippen LogP contribution in [-0.4, -0.2) is 68.3 Å². The average molecular weight is 499 g/mol. The Balaban J connectivity index is 0.00000312. The Labute approximate surface area is 177 Å². The van der Waals surface area contributed by atoms with Gasteiger partial charge in [-0.2, -0.15) is 23.5 Å². The molecule has 25 heavy (non-hydrogen) atoms. The van der Waals surface area contributed by atoms with E-state index in [4.69, 9.17) is 4.99 Å². The molecular formula is C16H31IN6S2. The molecule has 1 aliphatic rings. The zero-order chi connectivity index (χ0) is 17.4. The first kappa shape index (κ1) is 22.9. The van der Waals surface area contributed by atoms with Crippen molar-refractivity contribution in [3.8, 4) is 0 Å². The largest absolute Gasteiger partial charge is 0.356 e. The molecule has 0 saturated carbocycles. The highest BCUT2D eigenvalue weighted by molar-refractivity contribution is 14.0. The SMILES string of the molecule is CCC1CN(C(=NCc2nnc(C)n2C)NCCCSC)CCS1.I. The number of nitrogens with zero attached hydrogens (tertiary/aromatic N) is 5. The summed E-state index contributed by atoms with van der Waals surface area (Å²) in [4.78, 5) is 7.26. The lowest BCUT2D eigenvalue weighted by Crippen LogP contribution is -2.48. The van der Waals surface area contributed by atoms with Crippen LogP contribution in [-0.2, 0) is 13.6 Å². The molecule has 1 aliphatic heterocycles. The third kappa shape index (κ3) is 7.16. The number of guanidine groups is 1. The van der Waals surface area contributed by atoms with Gasteiger partial charge in [-0.05, 0) is 31.8 Å². The number of aryl methyl sites for hydroxylation is 1. The maximum absolute atomic E-state index is 4.85. The fraction of sp³-hybridized carbons (Fsp3) is 0.812. The first-order chi connectivity index (χ1) is 11.7. The van der Waals surface area contributed by atoms with Gasteiger partial charge in [0.25, 0.3) is 0 Å². The summed E-state index contributed by atoms with van der Waals surface area (Å²) < 4.78 is 2.01. The fourth-order valence-corrected chi connectivity index (χ4v) is 4.19. The van der Waals surface area contributed by atoms with E-state index in [1.54, 1.807) is 0 Å². The van der Waals surface area contributed by atoms with Crippen LogP contribution in [0.25, 0.3) is 0 Å². The molecule has 2 rings (SSSR count). The molecule has 1 aromatic heterocycles. The average Bonchev–Trinajstić information content (AvgIpc) is 2.93.